The van der Waals surface area contributed by atoms with Crippen LogP contribution >= 0.6 is 0 Å². The first-order chi connectivity index (χ1) is 9.12. The van der Waals surface area contributed by atoms with Crippen molar-refractivity contribution in [1.82, 2.24) is 15.1 Å². The van der Waals surface area contributed by atoms with E-state index in [1.807, 2.05) is 0 Å². The summed E-state index contributed by atoms with van der Waals surface area (Å²) in [4.78, 5) is 12.3. The van der Waals surface area contributed by atoms with Gasteiger partial charge < -0.3 is 11.1 Å². The largest absolute Gasteiger partial charge is 0.382 e. The Hall–Kier alpha value is -1.52. The lowest BCUT2D eigenvalue weighted by Gasteiger charge is -2.56. The summed E-state index contributed by atoms with van der Waals surface area (Å²) in [5, 5.41) is 7.25. The van der Waals surface area contributed by atoms with E-state index in [4.69, 9.17) is 5.73 Å². The van der Waals surface area contributed by atoms with Gasteiger partial charge in [-0.3, -0.25) is 0 Å². The lowest BCUT2D eigenvalue weighted by molar-refractivity contribution is -0.0136. The topological polar surface area (TPSA) is 72.9 Å². The van der Waals surface area contributed by atoms with Gasteiger partial charge in [0.25, 0.3) is 0 Å². The van der Waals surface area contributed by atoms with E-state index in [2.05, 4.69) is 10.4 Å². The molecule has 4 fully saturated rings. The van der Waals surface area contributed by atoms with Gasteiger partial charge in [0.1, 0.15) is 5.82 Å². The van der Waals surface area contributed by atoms with Crippen LogP contribution in [-0.4, -0.2) is 21.4 Å². The molecule has 0 atom stereocenters. The highest BCUT2D eigenvalue weighted by molar-refractivity contribution is 5.77. The molecule has 3 N–H and O–H groups in total. The summed E-state index contributed by atoms with van der Waals surface area (Å²) in [5.74, 6) is 2.87. The van der Waals surface area contributed by atoms with Crippen molar-refractivity contribution in [1.29, 1.82) is 0 Å². The number of aromatic nitrogens is 2. The first-order valence-electron chi connectivity index (χ1n) is 7.26. The van der Waals surface area contributed by atoms with E-state index in [1.165, 1.54) is 23.9 Å². The molecule has 0 spiro atoms. The summed E-state index contributed by atoms with van der Waals surface area (Å²) in [6.07, 6.45) is 9.23. The molecule has 1 aromatic heterocycles. The van der Waals surface area contributed by atoms with Gasteiger partial charge >= 0.3 is 6.03 Å². The van der Waals surface area contributed by atoms with Gasteiger partial charge in [0.15, 0.2) is 0 Å². The van der Waals surface area contributed by atoms with Crippen LogP contribution in [-0.2, 0) is 0 Å². The Kier molecular flexibility index (Phi) is 2.23. The molecule has 4 saturated carbocycles. The van der Waals surface area contributed by atoms with Crippen molar-refractivity contribution in [3.63, 3.8) is 0 Å². The summed E-state index contributed by atoms with van der Waals surface area (Å²) >= 11 is 0. The normalized spacial score (nSPS) is 39.5. The molecule has 1 amide bonds. The summed E-state index contributed by atoms with van der Waals surface area (Å²) < 4.78 is 1.33. The molecule has 4 aliphatic rings. The summed E-state index contributed by atoms with van der Waals surface area (Å²) in [7, 11) is 0. The molecule has 5 heteroatoms. The van der Waals surface area contributed by atoms with Crippen molar-refractivity contribution in [2.24, 2.45) is 17.8 Å². The van der Waals surface area contributed by atoms with E-state index >= 15 is 0 Å². The smallest absolute Gasteiger partial charge is 0.342 e. The van der Waals surface area contributed by atoms with Crippen molar-refractivity contribution in [3.05, 3.63) is 12.3 Å². The van der Waals surface area contributed by atoms with Crippen molar-refractivity contribution in [2.45, 2.75) is 44.1 Å². The zero-order valence-electron chi connectivity index (χ0n) is 11.0. The summed E-state index contributed by atoms with van der Waals surface area (Å²) in [6, 6.07) is 1.53. The van der Waals surface area contributed by atoms with E-state index in [1.54, 1.807) is 12.3 Å². The summed E-state index contributed by atoms with van der Waals surface area (Å²) in [6.45, 7) is 0. The highest BCUT2D eigenvalue weighted by Gasteiger charge is 2.51. The molecule has 102 valence electrons. The lowest BCUT2D eigenvalue weighted by Crippen LogP contribution is -2.60. The number of anilines is 1. The number of nitrogens with one attached hydrogen (secondary N) is 1. The van der Waals surface area contributed by atoms with Gasteiger partial charge in [0.05, 0.1) is 0 Å². The molecule has 5 nitrogen and oxygen atoms in total. The maximum Gasteiger partial charge on any atom is 0.342 e. The third-order valence-corrected chi connectivity index (χ3v) is 5.23. The number of rotatable bonds is 1. The molecule has 4 bridgehead atoms. The van der Waals surface area contributed by atoms with Gasteiger partial charge in [0.2, 0.25) is 0 Å². The fraction of sp³-hybridized carbons (Fsp3) is 0.714. The second-order valence-electron chi connectivity index (χ2n) is 6.81. The third-order valence-electron chi connectivity index (χ3n) is 5.23. The van der Waals surface area contributed by atoms with Gasteiger partial charge in [0, 0.05) is 17.8 Å². The molecule has 1 heterocycles. The number of nitrogens with two attached hydrogens (primary N) is 1. The van der Waals surface area contributed by atoms with Crippen LogP contribution in [0.3, 0.4) is 0 Å². The monoisotopic (exact) mass is 260 g/mol. The number of amides is 1. The minimum atomic E-state index is -0.126. The van der Waals surface area contributed by atoms with E-state index < -0.39 is 0 Å². The van der Waals surface area contributed by atoms with Gasteiger partial charge in [-0.25, -0.2) is 4.79 Å². The minimum absolute atomic E-state index is 0.0343. The second-order valence-corrected chi connectivity index (χ2v) is 6.81. The first-order valence-corrected chi connectivity index (χ1v) is 7.26. The zero-order valence-corrected chi connectivity index (χ0v) is 11.0. The van der Waals surface area contributed by atoms with Crippen molar-refractivity contribution >= 4 is 11.8 Å². The Bertz CT molecular complexity index is 486. The number of nitrogen functional groups attached to an aromatic ring is 1. The molecule has 1 aromatic rings. The number of hydrogen-bond acceptors (Lipinski definition) is 3. The Morgan fingerprint density at radius 1 is 1.26 bits per heavy atom. The highest BCUT2D eigenvalue weighted by Crippen LogP contribution is 2.55. The van der Waals surface area contributed by atoms with Crippen LogP contribution in [0.25, 0.3) is 0 Å². The average molecular weight is 260 g/mol. The molecule has 4 aliphatic carbocycles. The van der Waals surface area contributed by atoms with Gasteiger partial charge in [-0.1, -0.05) is 0 Å². The van der Waals surface area contributed by atoms with Gasteiger partial charge in [-0.15, -0.1) is 5.10 Å². The Balaban J connectivity index is 1.54. The van der Waals surface area contributed by atoms with Crippen LogP contribution in [0.2, 0.25) is 0 Å². The van der Waals surface area contributed by atoms with E-state index in [9.17, 15) is 4.79 Å². The van der Waals surface area contributed by atoms with Gasteiger partial charge in [-0.05, 0) is 56.3 Å². The number of nitrogens with zero attached hydrogens (tertiary/aromatic N) is 2. The van der Waals surface area contributed by atoms with E-state index in [0.29, 0.717) is 5.82 Å². The fourth-order valence-electron chi connectivity index (χ4n) is 5.00. The fourth-order valence-corrected chi connectivity index (χ4v) is 5.00. The number of hydrogen-bond donors (Lipinski definition) is 2. The van der Waals surface area contributed by atoms with Crippen LogP contribution in [0.15, 0.2) is 12.3 Å². The number of carbonyl (C=O) groups is 1. The van der Waals surface area contributed by atoms with E-state index in [0.717, 1.165) is 37.0 Å². The van der Waals surface area contributed by atoms with Crippen molar-refractivity contribution in [2.75, 3.05) is 5.73 Å². The average Bonchev–Trinajstić information content (AvgIpc) is 2.73. The molecular formula is C14H20N4O. The summed E-state index contributed by atoms with van der Waals surface area (Å²) in [5.41, 5.74) is 5.60. The number of carbonyl (C=O) groups excluding carboxylic acids is 1. The lowest BCUT2D eigenvalue weighted by atomic mass is 9.53. The van der Waals surface area contributed by atoms with Crippen LogP contribution in [0, 0.1) is 17.8 Å². The molecule has 5 rings (SSSR count). The SMILES string of the molecule is Nc1ccn(C(=O)NC23CC4CC(CC(C4)C2)C3)n1. The molecular weight excluding hydrogens is 240 g/mol. The third kappa shape index (κ3) is 1.83. The molecule has 0 saturated heterocycles. The Morgan fingerprint density at radius 2 is 1.84 bits per heavy atom. The Labute approximate surface area is 112 Å². The van der Waals surface area contributed by atoms with Gasteiger partial charge in [-0.2, -0.15) is 4.68 Å². The van der Waals surface area contributed by atoms with Crippen molar-refractivity contribution < 1.29 is 4.79 Å². The molecule has 0 aliphatic heterocycles. The second kappa shape index (κ2) is 3.74. The maximum atomic E-state index is 12.3. The standard InChI is InChI=1S/C14H20N4O/c15-12-1-2-18(17-12)13(19)16-14-6-9-3-10(7-14)5-11(4-9)8-14/h1-2,9-11H,3-8H2,(H2,15,17)(H,16,19). The Morgan fingerprint density at radius 3 is 2.32 bits per heavy atom. The maximum absolute atomic E-state index is 12.3. The van der Waals surface area contributed by atoms with Crippen LogP contribution in [0.1, 0.15) is 38.5 Å². The predicted octanol–water partition coefficient (Wildman–Crippen LogP) is 1.99. The molecule has 0 radical (unpaired) electrons. The first kappa shape index (κ1) is 11.3. The van der Waals surface area contributed by atoms with Crippen molar-refractivity contribution in [3.8, 4) is 0 Å². The quantitative estimate of drug-likeness (QED) is 0.811. The minimum Gasteiger partial charge on any atom is -0.382 e. The highest BCUT2D eigenvalue weighted by atomic mass is 16.2. The van der Waals surface area contributed by atoms with Crippen LogP contribution in [0.5, 0.6) is 0 Å². The molecule has 0 aromatic carbocycles. The predicted molar refractivity (Wildman–Crippen MR) is 71.5 cm³/mol. The molecule has 19 heavy (non-hydrogen) atoms. The van der Waals surface area contributed by atoms with E-state index in [-0.39, 0.29) is 11.6 Å². The molecule has 0 unspecified atom stereocenters. The van der Waals surface area contributed by atoms with Crippen LogP contribution < -0.4 is 11.1 Å². The zero-order chi connectivity index (χ0) is 13.0. The van der Waals surface area contributed by atoms with Crippen LogP contribution in [0.4, 0.5) is 10.6 Å².